The lowest BCUT2D eigenvalue weighted by Gasteiger charge is -2.46. The monoisotopic (exact) mass is 428 g/mol. The van der Waals surface area contributed by atoms with Gasteiger partial charge in [-0.15, -0.1) is 16.9 Å². The van der Waals surface area contributed by atoms with Crippen molar-refractivity contribution in [2.75, 3.05) is 19.5 Å². The van der Waals surface area contributed by atoms with Crippen LogP contribution in [0.25, 0.3) is 5.69 Å². The van der Waals surface area contributed by atoms with Crippen LogP contribution in [0.4, 0.5) is 5.82 Å². The molecule has 1 saturated heterocycles. The Labute approximate surface area is 183 Å². The van der Waals surface area contributed by atoms with Crippen molar-refractivity contribution in [3.63, 3.8) is 0 Å². The molecular formula is C22H32N6OS. The first-order chi connectivity index (χ1) is 14.2. The molecule has 0 radical (unpaired) electrons. The van der Waals surface area contributed by atoms with Gasteiger partial charge in [-0.25, -0.2) is 4.68 Å². The number of anilines is 1. The van der Waals surface area contributed by atoms with Crippen LogP contribution >= 0.6 is 11.8 Å². The molecule has 8 heteroatoms. The molecule has 30 heavy (non-hydrogen) atoms. The summed E-state index contributed by atoms with van der Waals surface area (Å²) in [5, 5.41) is 20.7. The fourth-order valence-electron chi connectivity index (χ4n) is 4.28. The van der Waals surface area contributed by atoms with Crippen molar-refractivity contribution in [3.8, 4) is 11.4 Å². The Bertz CT molecular complexity index is 917. The first-order valence-electron chi connectivity index (χ1n) is 10.1. The molecule has 2 aromatic rings. The van der Waals surface area contributed by atoms with E-state index >= 15 is 0 Å². The molecule has 0 bridgehead atoms. The molecule has 0 unspecified atom stereocenters. The van der Waals surface area contributed by atoms with Crippen molar-refractivity contribution >= 4 is 29.3 Å². The lowest BCUT2D eigenvalue weighted by molar-refractivity contribution is 0.189. The number of hydrogen-bond acceptors (Lipinski definition) is 7. The van der Waals surface area contributed by atoms with E-state index in [4.69, 9.17) is 4.74 Å². The van der Waals surface area contributed by atoms with E-state index in [2.05, 4.69) is 60.3 Å². The molecular weight excluding hydrogens is 396 g/mol. The number of thioether (sulfide) groups is 1. The Morgan fingerprint density at radius 2 is 1.97 bits per heavy atom. The van der Waals surface area contributed by atoms with Crippen LogP contribution in [0.3, 0.4) is 0 Å². The van der Waals surface area contributed by atoms with Gasteiger partial charge in [-0.05, 0) is 52.7 Å². The van der Waals surface area contributed by atoms with Crippen LogP contribution in [0, 0.1) is 0 Å². The van der Waals surface area contributed by atoms with E-state index in [1.165, 1.54) is 0 Å². The molecule has 3 rings (SSSR count). The second kappa shape index (κ2) is 8.81. The second-order valence-corrected chi connectivity index (χ2v) is 10.2. The number of methoxy groups -OCH3 is 1. The van der Waals surface area contributed by atoms with Gasteiger partial charge in [0.05, 0.1) is 18.4 Å². The van der Waals surface area contributed by atoms with Crippen LogP contribution in [-0.2, 0) is 0 Å². The summed E-state index contributed by atoms with van der Waals surface area (Å²) >= 11 is 1.75. The van der Waals surface area contributed by atoms with E-state index in [1.54, 1.807) is 18.9 Å². The van der Waals surface area contributed by atoms with Crippen molar-refractivity contribution < 1.29 is 4.74 Å². The van der Waals surface area contributed by atoms with Gasteiger partial charge in [0.15, 0.2) is 0 Å². The maximum atomic E-state index is 5.71. The fourth-order valence-corrected chi connectivity index (χ4v) is 5.99. The number of benzene rings is 1. The predicted octanol–water partition coefficient (Wildman–Crippen LogP) is 4.33. The summed E-state index contributed by atoms with van der Waals surface area (Å²) in [5.41, 5.74) is 1.95. The van der Waals surface area contributed by atoms with E-state index in [0.717, 1.165) is 40.7 Å². The summed E-state index contributed by atoms with van der Waals surface area (Å²) in [5.74, 6) is 1.54. The smallest absolute Gasteiger partial charge is 0.148 e. The van der Waals surface area contributed by atoms with Gasteiger partial charge in [0.1, 0.15) is 16.6 Å². The first kappa shape index (κ1) is 22.4. The van der Waals surface area contributed by atoms with Gasteiger partial charge >= 0.3 is 0 Å². The van der Waals surface area contributed by atoms with E-state index in [-0.39, 0.29) is 11.1 Å². The highest BCUT2D eigenvalue weighted by molar-refractivity contribution is 8.15. The quantitative estimate of drug-likeness (QED) is 0.407. The minimum absolute atomic E-state index is 0.0607. The largest absolute Gasteiger partial charge is 0.496 e. The summed E-state index contributed by atoms with van der Waals surface area (Å²) in [7, 11) is 3.52. The average molecular weight is 429 g/mol. The van der Waals surface area contributed by atoms with Gasteiger partial charge in [0.2, 0.25) is 0 Å². The molecule has 1 aliphatic rings. The van der Waals surface area contributed by atoms with Crippen LogP contribution in [-0.4, -0.2) is 52.0 Å². The molecule has 1 fully saturated rings. The van der Waals surface area contributed by atoms with E-state index < -0.39 is 0 Å². The third kappa shape index (κ3) is 5.23. The number of nitrogens with one attached hydrogen (secondary N) is 2. The van der Waals surface area contributed by atoms with Crippen LogP contribution in [0.2, 0.25) is 0 Å². The van der Waals surface area contributed by atoms with Crippen LogP contribution in [0.1, 0.15) is 46.1 Å². The zero-order chi connectivity index (χ0) is 21.9. The zero-order valence-electron chi connectivity index (χ0n) is 18.7. The van der Waals surface area contributed by atoms with Gasteiger partial charge in [-0.3, -0.25) is 0 Å². The zero-order valence-corrected chi connectivity index (χ0v) is 19.5. The third-order valence-electron chi connectivity index (χ3n) is 5.12. The van der Waals surface area contributed by atoms with Crippen molar-refractivity contribution in [2.45, 2.75) is 56.9 Å². The molecule has 0 amide bonds. The number of nitrogens with zero attached hydrogens (tertiary/aromatic N) is 4. The normalized spacial score (nSPS) is 18.8. The van der Waals surface area contributed by atoms with E-state index in [0.29, 0.717) is 5.25 Å². The highest BCUT2D eigenvalue weighted by Gasteiger charge is 2.38. The third-order valence-corrected chi connectivity index (χ3v) is 6.31. The molecule has 0 spiro atoms. The number of rotatable bonds is 6. The number of aromatic nitrogens is 2. The Hall–Kier alpha value is -2.32. The minimum Gasteiger partial charge on any atom is -0.496 e. The molecule has 1 aromatic heterocycles. The molecule has 2 N–H and O–H groups in total. The van der Waals surface area contributed by atoms with Gasteiger partial charge < -0.3 is 15.4 Å². The standard InChI is InChI=1S/C22H32N6OS/c1-21(2)13-16(14-22(3,4)27-21)30-20(25-24-6)17-9-8-15(12-18(17)29-7)28-11-10-19(23-5)26-28/h8-12,16,27H,6,13-14H2,1-5,7H3,(H,23,26)/b25-20-. The highest BCUT2D eigenvalue weighted by Crippen LogP contribution is 2.38. The van der Waals surface area contributed by atoms with Gasteiger partial charge in [0.25, 0.3) is 0 Å². The van der Waals surface area contributed by atoms with Crippen LogP contribution < -0.4 is 15.4 Å². The van der Waals surface area contributed by atoms with Crippen LogP contribution in [0.15, 0.2) is 40.7 Å². The molecule has 1 aliphatic heterocycles. The summed E-state index contributed by atoms with van der Waals surface area (Å²) < 4.78 is 7.52. The van der Waals surface area contributed by atoms with Crippen molar-refractivity contribution in [1.29, 1.82) is 0 Å². The highest BCUT2D eigenvalue weighted by atomic mass is 32.2. The Kier molecular flexibility index (Phi) is 6.57. The van der Waals surface area contributed by atoms with Gasteiger partial charge in [-0.1, -0.05) is 0 Å². The van der Waals surface area contributed by atoms with Crippen molar-refractivity contribution in [2.24, 2.45) is 10.2 Å². The molecule has 1 aromatic carbocycles. The molecule has 7 nitrogen and oxygen atoms in total. The Balaban J connectivity index is 1.90. The summed E-state index contributed by atoms with van der Waals surface area (Å²) in [6.07, 6.45) is 3.99. The molecule has 0 atom stereocenters. The van der Waals surface area contributed by atoms with E-state index in [9.17, 15) is 0 Å². The Morgan fingerprint density at radius 3 is 2.53 bits per heavy atom. The first-order valence-corrected chi connectivity index (χ1v) is 11.0. The second-order valence-electron chi connectivity index (χ2n) is 8.87. The molecule has 0 aliphatic carbocycles. The van der Waals surface area contributed by atoms with Gasteiger partial charge in [-0.2, -0.15) is 10.2 Å². The van der Waals surface area contributed by atoms with Crippen molar-refractivity contribution in [3.05, 3.63) is 36.0 Å². The average Bonchev–Trinajstić information content (AvgIpc) is 3.14. The van der Waals surface area contributed by atoms with Crippen molar-refractivity contribution in [1.82, 2.24) is 15.1 Å². The fraction of sp³-hybridized carbons (Fsp3) is 0.500. The van der Waals surface area contributed by atoms with E-state index in [1.807, 2.05) is 42.2 Å². The predicted molar refractivity (Wildman–Crippen MR) is 128 cm³/mol. The number of piperidine rings is 1. The van der Waals surface area contributed by atoms with Gasteiger partial charge in [0, 0.05) is 48.4 Å². The minimum atomic E-state index is 0.0607. The number of ether oxygens (including phenoxy) is 1. The summed E-state index contributed by atoms with van der Waals surface area (Å²) in [6.45, 7) is 12.6. The molecule has 2 heterocycles. The number of hydrogen-bond donors (Lipinski definition) is 2. The van der Waals surface area contributed by atoms with Crippen LogP contribution in [0.5, 0.6) is 5.75 Å². The summed E-state index contributed by atoms with van der Waals surface area (Å²) in [6, 6.07) is 7.92. The molecule has 162 valence electrons. The maximum absolute atomic E-state index is 5.71. The lowest BCUT2D eigenvalue weighted by atomic mass is 9.82. The topological polar surface area (TPSA) is 75.8 Å². The maximum Gasteiger partial charge on any atom is 0.148 e. The summed E-state index contributed by atoms with van der Waals surface area (Å²) in [4.78, 5) is 0. The lowest BCUT2D eigenvalue weighted by Crippen LogP contribution is -2.58. The Morgan fingerprint density at radius 1 is 1.27 bits per heavy atom. The molecule has 0 saturated carbocycles. The SMILES string of the molecule is C=N/N=C(\SC1CC(C)(C)NC(C)(C)C1)c1ccc(-n2ccc(NC)n2)cc1OC.